The number of benzene rings is 1. The van der Waals surface area contributed by atoms with Crippen LogP contribution in [0.5, 0.6) is 5.75 Å². The summed E-state index contributed by atoms with van der Waals surface area (Å²) in [6.45, 7) is 4.70. The molecule has 0 aromatic heterocycles. The van der Waals surface area contributed by atoms with Crippen LogP contribution in [0.4, 0.5) is 11.4 Å². The van der Waals surface area contributed by atoms with Crippen molar-refractivity contribution in [1.82, 2.24) is 0 Å². The Morgan fingerprint density at radius 3 is 2.83 bits per heavy atom. The van der Waals surface area contributed by atoms with Crippen molar-refractivity contribution in [1.29, 1.82) is 0 Å². The minimum absolute atomic E-state index is 0.0595. The number of ether oxygens (including phenoxy) is 2. The molecular formula is C19H28N2O3. The van der Waals surface area contributed by atoms with E-state index in [4.69, 9.17) is 15.2 Å². The van der Waals surface area contributed by atoms with Gasteiger partial charge in [-0.05, 0) is 51.2 Å². The number of carbonyl (C=O) groups is 1. The van der Waals surface area contributed by atoms with Gasteiger partial charge in [0.25, 0.3) is 0 Å². The van der Waals surface area contributed by atoms with Crippen LogP contribution in [0.15, 0.2) is 18.2 Å². The number of fused-ring (bicyclic) bond motifs is 1. The highest BCUT2D eigenvalue weighted by Crippen LogP contribution is 2.37. The molecular weight excluding hydrogens is 304 g/mol. The lowest BCUT2D eigenvalue weighted by Crippen LogP contribution is -2.48. The molecule has 3 rings (SSSR count). The van der Waals surface area contributed by atoms with Gasteiger partial charge in [0.15, 0.2) is 0 Å². The van der Waals surface area contributed by atoms with Crippen LogP contribution >= 0.6 is 0 Å². The molecule has 1 fully saturated rings. The molecule has 1 aromatic carbocycles. The quantitative estimate of drug-likeness (QED) is 0.675. The van der Waals surface area contributed by atoms with Crippen LogP contribution < -0.4 is 15.4 Å². The van der Waals surface area contributed by atoms with Gasteiger partial charge in [-0.25, -0.2) is 4.79 Å². The minimum Gasteiger partial charge on any atom is -0.486 e. The molecule has 0 radical (unpaired) electrons. The number of esters is 1. The zero-order chi connectivity index (χ0) is 17.1. The molecule has 1 saturated carbocycles. The maximum atomic E-state index is 12.7. The molecule has 0 bridgehead atoms. The Labute approximate surface area is 144 Å². The van der Waals surface area contributed by atoms with Crippen LogP contribution in [0, 0.1) is 0 Å². The van der Waals surface area contributed by atoms with Crippen molar-refractivity contribution >= 4 is 17.3 Å². The zero-order valence-corrected chi connectivity index (χ0v) is 14.7. The summed E-state index contributed by atoms with van der Waals surface area (Å²) in [6, 6.07) is 5.29. The fourth-order valence-corrected chi connectivity index (χ4v) is 3.55. The van der Waals surface area contributed by atoms with Crippen molar-refractivity contribution in [2.75, 3.05) is 17.2 Å². The summed E-state index contributed by atoms with van der Waals surface area (Å²) in [5.41, 5.74) is 7.47. The summed E-state index contributed by atoms with van der Waals surface area (Å²) >= 11 is 0. The Morgan fingerprint density at radius 1 is 1.38 bits per heavy atom. The highest BCUT2D eigenvalue weighted by atomic mass is 16.5. The number of anilines is 2. The van der Waals surface area contributed by atoms with E-state index in [1.807, 2.05) is 25.1 Å². The number of hydrogen-bond donors (Lipinski definition) is 1. The summed E-state index contributed by atoms with van der Waals surface area (Å²) < 4.78 is 11.8. The normalized spacial score (nSPS) is 22.4. The fraction of sp³-hybridized carbons (Fsp3) is 0.632. The minimum atomic E-state index is -0.327. The predicted octanol–water partition coefficient (Wildman–Crippen LogP) is 3.51. The van der Waals surface area contributed by atoms with E-state index >= 15 is 0 Å². The van der Waals surface area contributed by atoms with Gasteiger partial charge in [0.05, 0.1) is 12.2 Å². The van der Waals surface area contributed by atoms with E-state index in [1.54, 1.807) is 0 Å². The second-order valence-electron chi connectivity index (χ2n) is 6.90. The van der Waals surface area contributed by atoms with Gasteiger partial charge in [0, 0.05) is 11.8 Å². The molecule has 2 N–H and O–H groups in total. The van der Waals surface area contributed by atoms with Crippen LogP contribution in [0.2, 0.25) is 0 Å². The Hall–Kier alpha value is -1.91. The van der Waals surface area contributed by atoms with Crippen molar-refractivity contribution in [2.45, 2.75) is 70.6 Å². The van der Waals surface area contributed by atoms with E-state index in [9.17, 15) is 4.79 Å². The molecule has 1 aliphatic heterocycles. The van der Waals surface area contributed by atoms with Gasteiger partial charge in [-0.15, -0.1) is 0 Å². The Kier molecular flexibility index (Phi) is 5.17. The molecule has 5 nitrogen and oxygen atoms in total. The van der Waals surface area contributed by atoms with E-state index in [2.05, 4.69) is 11.8 Å². The van der Waals surface area contributed by atoms with Gasteiger partial charge < -0.3 is 20.1 Å². The lowest BCUT2D eigenvalue weighted by molar-refractivity contribution is -0.151. The highest BCUT2D eigenvalue weighted by molar-refractivity contribution is 5.81. The van der Waals surface area contributed by atoms with Gasteiger partial charge in [-0.1, -0.05) is 13.3 Å². The lowest BCUT2D eigenvalue weighted by atomic mass is 9.98. The Bertz CT molecular complexity index is 584. The van der Waals surface area contributed by atoms with Crippen LogP contribution in [-0.4, -0.2) is 30.8 Å². The molecule has 2 aliphatic rings. The fourth-order valence-electron chi connectivity index (χ4n) is 3.55. The third kappa shape index (κ3) is 3.60. The van der Waals surface area contributed by atoms with Crippen molar-refractivity contribution in [3.05, 3.63) is 18.2 Å². The second kappa shape index (κ2) is 7.32. The summed E-state index contributed by atoms with van der Waals surface area (Å²) in [7, 11) is 0. The maximum absolute atomic E-state index is 12.7. The van der Waals surface area contributed by atoms with E-state index in [0.29, 0.717) is 12.2 Å². The number of nitrogens with two attached hydrogens (primary N) is 1. The first-order valence-corrected chi connectivity index (χ1v) is 9.11. The molecule has 1 heterocycles. The second-order valence-corrected chi connectivity index (χ2v) is 6.90. The van der Waals surface area contributed by atoms with Crippen LogP contribution in [0.25, 0.3) is 0 Å². The molecule has 2 unspecified atom stereocenters. The molecule has 1 aliphatic carbocycles. The van der Waals surface area contributed by atoms with Gasteiger partial charge in [-0.2, -0.15) is 0 Å². The molecule has 0 saturated heterocycles. The van der Waals surface area contributed by atoms with Gasteiger partial charge in [-0.3, -0.25) is 0 Å². The predicted molar refractivity (Wildman–Crippen MR) is 95.3 cm³/mol. The molecule has 0 amide bonds. The number of rotatable bonds is 4. The number of nitrogen functional groups attached to an aromatic ring is 1. The first-order valence-electron chi connectivity index (χ1n) is 9.11. The monoisotopic (exact) mass is 332 g/mol. The average Bonchev–Trinajstić information content (AvgIpc) is 2.60. The molecule has 2 atom stereocenters. The molecule has 0 spiro atoms. The van der Waals surface area contributed by atoms with Gasteiger partial charge in [0.1, 0.15) is 24.0 Å². The first-order chi connectivity index (χ1) is 11.6. The van der Waals surface area contributed by atoms with Gasteiger partial charge in [0.2, 0.25) is 0 Å². The first kappa shape index (κ1) is 16.9. The van der Waals surface area contributed by atoms with E-state index in [-0.39, 0.29) is 24.2 Å². The summed E-state index contributed by atoms with van der Waals surface area (Å²) in [5.74, 6) is 0.617. The molecule has 5 heteroatoms. The lowest BCUT2D eigenvalue weighted by Gasteiger charge is -2.39. The van der Waals surface area contributed by atoms with Crippen LogP contribution in [-0.2, 0) is 9.53 Å². The molecule has 1 aromatic rings. The van der Waals surface area contributed by atoms with Crippen molar-refractivity contribution < 1.29 is 14.3 Å². The zero-order valence-electron chi connectivity index (χ0n) is 14.7. The van der Waals surface area contributed by atoms with Crippen molar-refractivity contribution in [3.8, 4) is 5.75 Å². The maximum Gasteiger partial charge on any atom is 0.328 e. The van der Waals surface area contributed by atoms with Gasteiger partial charge >= 0.3 is 5.97 Å². The third-order valence-corrected chi connectivity index (χ3v) is 5.09. The van der Waals surface area contributed by atoms with E-state index in [0.717, 1.165) is 43.5 Å². The third-order valence-electron chi connectivity index (χ3n) is 5.09. The van der Waals surface area contributed by atoms with E-state index < -0.39 is 0 Å². The summed E-state index contributed by atoms with van der Waals surface area (Å²) in [4.78, 5) is 14.7. The average molecular weight is 332 g/mol. The Morgan fingerprint density at radius 2 is 2.12 bits per heavy atom. The number of carbonyl (C=O) groups excluding carboxylic acids is 1. The topological polar surface area (TPSA) is 64.8 Å². The number of hydrogen-bond acceptors (Lipinski definition) is 5. The van der Waals surface area contributed by atoms with Crippen molar-refractivity contribution in [3.63, 3.8) is 0 Å². The van der Waals surface area contributed by atoms with E-state index in [1.165, 1.54) is 6.42 Å². The molecule has 24 heavy (non-hydrogen) atoms. The highest BCUT2D eigenvalue weighted by Gasteiger charge is 2.33. The van der Waals surface area contributed by atoms with Crippen molar-refractivity contribution in [2.24, 2.45) is 0 Å². The summed E-state index contributed by atoms with van der Waals surface area (Å²) in [6.07, 6.45) is 6.58. The SMILES string of the molecule is CCC1CN(C(C)C(=O)OC2CCCCC2)c2ccc(N)cc2O1. The number of nitrogens with zero attached hydrogens (tertiary/aromatic N) is 1. The van der Waals surface area contributed by atoms with Crippen LogP contribution in [0.3, 0.4) is 0 Å². The summed E-state index contributed by atoms with van der Waals surface area (Å²) in [5, 5.41) is 0. The smallest absolute Gasteiger partial charge is 0.328 e. The largest absolute Gasteiger partial charge is 0.486 e. The standard InChI is InChI=1S/C19H28N2O3/c1-3-15-12-21(17-10-9-14(20)11-18(17)23-15)13(2)19(22)24-16-7-5-4-6-8-16/h9-11,13,15-16H,3-8,12,20H2,1-2H3. The Balaban J connectivity index is 1.75. The molecule has 132 valence electrons. The van der Waals surface area contributed by atoms with Crippen LogP contribution in [0.1, 0.15) is 52.4 Å².